The van der Waals surface area contributed by atoms with Crippen LogP contribution in [0, 0.1) is 0 Å². The van der Waals surface area contributed by atoms with Gasteiger partial charge in [0.1, 0.15) is 18.1 Å². The Balaban J connectivity index is 1.87. The van der Waals surface area contributed by atoms with Gasteiger partial charge in [0, 0.05) is 17.3 Å². The van der Waals surface area contributed by atoms with E-state index in [0.29, 0.717) is 28.3 Å². The number of anilines is 1. The Morgan fingerprint density at radius 3 is 2.33 bits per heavy atom. The van der Waals surface area contributed by atoms with Gasteiger partial charge in [-0.15, -0.1) is 5.10 Å². The van der Waals surface area contributed by atoms with Crippen LogP contribution in [0.25, 0.3) is 11.0 Å². The van der Waals surface area contributed by atoms with E-state index in [-0.39, 0.29) is 18.4 Å². The molecule has 0 saturated carbocycles. The summed E-state index contributed by atoms with van der Waals surface area (Å²) >= 11 is 0. The van der Waals surface area contributed by atoms with Crippen LogP contribution in [0.15, 0.2) is 66.7 Å². The second kappa shape index (κ2) is 12.2. The number of rotatable bonds is 11. The second-order valence-electron chi connectivity index (χ2n) is 10.3. The number of ether oxygens (including phenoxy) is 2. The third kappa shape index (κ3) is 6.09. The van der Waals surface area contributed by atoms with E-state index >= 15 is 0 Å². The van der Waals surface area contributed by atoms with Gasteiger partial charge in [0.15, 0.2) is 11.5 Å². The van der Waals surface area contributed by atoms with E-state index in [9.17, 15) is 9.59 Å². The summed E-state index contributed by atoms with van der Waals surface area (Å²) in [5.74, 6) is 0.333. The fourth-order valence-corrected chi connectivity index (χ4v) is 4.49. The van der Waals surface area contributed by atoms with Crippen LogP contribution in [-0.4, -0.2) is 46.6 Å². The van der Waals surface area contributed by atoms with E-state index in [4.69, 9.17) is 9.47 Å². The third-order valence-electron chi connectivity index (χ3n) is 7.17. The van der Waals surface area contributed by atoms with E-state index in [1.165, 1.54) is 12.0 Å². The lowest BCUT2D eigenvalue weighted by atomic mass is 9.97. The van der Waals surface area contributed by atoms with Crippen molar-refractivity contribution in [3.05, 3.63) is 77.9 Å². The van der Waals surface area contributed by atoms with Crippen molar-refractivity contribution in [1.29, 1.82) is 0 Å². The lowest BCUT2D eigenvalue weighted by molar-refractivity contribution is -0.128. The Morgan fingerprint density at radius 1 is 0.975 bits per heavy atom. The number of amides is 2. The smallest absolute Gasteiger partial charge is 0.249 e. The molecule has 0 radical (unpaired) electrons. The highest BCUT2D eigenvalue weighted by Gasteiger charge is 2.35. The van der Waals surface area contributed by atoms with Crippen LogP contribution < -0.4 is 19.7 Å². The molecule has 0 bridgehead atoms. The molecule has 0 saturated heterocycles. The van der Waals surface area contributed by atoms with Crippen molar-refractivity contribution >= 4 is 28.5 Å². The molecule has 1 aromatic heterocycles. The number of methoxy groups -OCH3 is 2. The summed E-state index contributed by atoms with van der Waals surface area (Å²) in [7, 11) is 3.08. The Labute approximate surface area is 235 Å². The summed E-state index contributed by atoms with van der Waals surface area (Å²) < 4.78 is 12.5. The highest BCUT2D eigenvalue weighted by atomic mass is 16.5. The number of nitrogens with zero attached hydrogens (tertiary/aromatic N) is 4. The maximum absolute atomic E-state index is 14.3. The van der Waals surface area contributed by atoms with Gasteiger partial charge in [-0.2, -0.15) is 0 Å². The van der Waals surface area contributed by atoms with E-state index in [0.717, 1.165) is 23.9 Å². The van der Waals surface area contributed by atoms with Gasteiger partial charge >= 0.3 is 0 Å². The van der Waals surface area contributed by atoms with Gasteiger partial charge < -0.3 is 14.8 Å². The van der Waals surface area contributed by atoms with Gasteiger partial charge in [-0.25, -0.2) is 4.68 Å². The van der Waals surface area contributed by atoms with Crippen molar-refractivity contribution in [3.63, 3.8) is 0 Å². The molecule has 0 fully saturated rings. The van der Waals surface area contributed by atoms with Crippen LogP contribution in [-0.2, 0) is 22.6 Å². The van der Waals surface area contributed by atoms with Gasteiger partial charge in [-0.1, -0.05) is 55.5 Å². The van der Waals surface area contributed by atoms with Crippen molar-refractivity contribution in [2.75, 3.05) is 19.1 Å². The molecule has 0 aliphatic rings. The largest absolute Gasteiger partial charge is 0.493 e. The number of carbonyl (C=O) groups excluding carboxylic acids is 2. The van der Waals surface area contributed by atoms with E-state index < -0.39 is 11.6 Å². The van der Waals surface area contributed by atoms with Crippen molar-refractivity contribution in [3.8, 4) is 11.5 Å². The maximum atomic E-state index is 14.3. The predicted molar refractivity (Wildman–Crippen MR) is 156 cm³/mol. The molecular formula is C31H37N5O4. The standard InChI is InChI=1S/C31H37N5O4/c1-7-21-13-15-22(16-14-21)29(30(38)32-31(3,4)8-2)36(23-17-18-26(39-5)27(19-23)40-6)28(37)20-35-25-12-10-9-11-24(25)33-34-35/h9-19,29H,7-8,20H2,1-6H3,(H,32,38). The number of fused-ring (bicyclic) bond motifs is 1. The first-order chi connectivity index (χ1) is 19.2. The van der Waals surface area contributed by atoms with Crippen LogP contribution in [0.2, 0.25) is 0 Å². The molecule has 9 heteroatoms. The topological polar surface area (TPSA) is 98.6 Å². The summed E-state index contributed by atoms with van der Waals surface area (Å²) in [5.41, 5.74) is 3.24. The summed E-state index contributed by atoms with van der Waals surface area (Å²) in [6.07, 6.45) is 1.58. The molecule has 0 aliphatic carbocycles. The summed E-state index contributed by atoms with van der Waals surface area (Å²) in [6, 6.07) is 19.5. The fourth-order valence-electron chi connectivity index (χ4n) is 4.49. The number of benzene rings is 3. The zero-order chi connectivity index (χ0) is 28.9. The van der Waals surface area contributed by atoms with E-state index in [1.54, 1.807) is 30.0 Å². The van der Waals surface area contributed by atoms with Gasteiger partial charge in [-0.05, 0) is 62.1 Å². The first kappa shape index (κ1) is 28.6. The number of hydrogen-bond donors (Lipinski definition) is 1. The molecule has 2 amide bonds. The normalized spacial score (nSPS) is 12.2. The number of aryl methyl sites for hydroxylation is 1. The van der Waals surface area contributed by atoms with E-state index in [1.807, 2.05) is 69.3 Å². The second-order valence-corrected chi connectivity index (χ2v) is 10.3. The predicted octanol–water partition coefficient (Wildman–Crippen LogP) is 5.09. The quantitative estimate of drug-likeness (QED) is 0.283. The minimum Gasteiger partial charge on any atom is -0.493 e. The lowest BCUT2D eigenvalue weighted by Crippen LogP contribution is -2.51. The molecule has 9 nitrogen and oxygen atoms in total. The van der Waals surface area contributed by atoms with Crippen LogP contribution in [0.3, 0.4) is 0 Å². The van der Waals surface area contributed by atoms with E-state index in [2.05, 4.69) is 22.6 Å². The van der Waals surface area contributed by atoms with Crippen molar-refractivity contribution in [1.82, 2.24) is 20.3 Å². The molecule has 40 heavy (non-hydrogen) atoms. The fraction of sp³-hybridized carbons (Fsp3) is 0.355. The van der Waals surface area contributed by atoms with Gasteiger partial charge in [-0.3, -0.25) is 14.5 Å². The number of aromatic nitrogens is 3. The minimum absolute atomic E-state index is 0.122. The zero-order valence-corrected chi connectivity index (χ0v) is 24.0. The molecular weight excluding hydrogens is 506 g/mol. The lowest BCUT2D eigenvalue weighted by Gasteiger charge is -2.35. The van der Waals surface area contributed by atoms with Crippen LogP contribution >= 0.6 is 0 Å². The third-order valence-corrected chi connectivity index (χ3v) is 7.17. The molecule has 3 aromatic carbocycles. The SMILES string of the molecule is CCc1ccc(C(C(=O)NC(C)(C)CC)N(C(=O)Cn2nnc3ccccc32)c2ccc(OC)c(OC)c2)cc1. The Kier molecular flexibility index (Phi) is 8.72. The molecule has 210 valence electrons. The summed E-state index contributed by atoms with van der Waals surface area (Å²) in [6.45, 7) is 7.89. The average molecular weight is 544 g/mol. The van der Waals surface area contributed by atoms with Gasteiger partial charge in [0.05, 0.1) is 19.7 Å². The van der Waals surface area contributed by atoms with Crippen molar-refractivity contribution < 1.29 is 19.1 Å². The number of hydrogen-bond acceptors (Lipinski definition) is 6. The first-order valence-corrected chi connectivity index (χ1v) is 13.4. The number of carbonyl (C=O) groups is 2. The van der Waals surface area contributed by atoms with Gasteiger partial charge in [0.25, 0.3) is 0 Å². The summed E-state index contributed by atoms with van der Waals surface area (Å²) in [4.78, 5) is 29.9. The zero-order valence-electron chi connectivity index (χ0n) is 24.0. The molecule has 4 aromatic rings. The Bertz CT molecular complexity index is 1480. The molecule has 0 aliphatic heterocycles. The molecule has 1 N–H and O–H groups in total. The number of nitrogens with one attached hydrogen (secondary N) is 1. The molecule has 0 spiro atoms. The molecule has 4 rings (SSSR count). The monoisotopic (exact) mass is 543 g/mol. The first-order valence-electron chi connectivity index (χ1n) is 13.4. The molecule has 1 atom stereocenters. The van der Waals surface area contributed by atoms with Crippen LogP contribution in [0.5, 0.6) is 11.5 Å². The Morgan fingerprint density at radius 2 is 1.68 bits per heavy atom. The summed E-state index contributed by atoms with van der Waals surface area (Å²) in [5, 5.41) is 11.6. The maximum Gasteiger partial charge on any atom is 0.249 e. The Hall–Kier alpha value is -4.40. The molecule has 1 unspecified atom stereocenters. The van der Waals surface area contributed by atoms with Crippen LogP contribution in [0.4, 0.5) is 5.69 Å². The van der Waals surface area contributed by atoms with Crippen molar-refractivity contribution in [2.45, 2.75) is 58.7 Å². The van der Waals surface area contributed by atoms with Crippen LogP contribution in [0.1, 0.15) is 51.3 Å². The van der Waals surface area contributed by atoms with Crippen molar-refractivity contribution in [2.24, 2.45) is 0 Å². The highest BCUT2D eigenvalue weighted by molar-refractivity contribution is 6.02. The van der Waals surface area contributed by atoms with Gasteiger partial charge in [0.2, 0.25) is 11.8 Å². The average Bonchev–Trinajstić information content (AvgIpc) is 3.37. The minimum atomic E-state index is -0.961. The molecule has 1 heterocycles. The number of para-hydroxylation sites is 1. The highest BCUT2D eigenvalue weighted by Crippen LogP contribution is 2.36.